The van der Waals surface area contributed by atoms with Crippen LogP contribution in [0, 0.1) is 12.7 Å². The molecule has 1 rings (SSSR count). The molecular formula is C7H4Cl2F. The maximum atomic E-state index is 12.4. The van der Waals surface area contributed by atoms with Crippen molar-refractivity contribution in [2.24, 2.45) is 0 Å². The quantitative estimate of drug-likeness (QED) is 0.571. The molecule has 0 atom stereocenters. The smallest absolute Gasteiger partial charge is 0.126 e. The van der Waals surface area contributed by atoms with Crippen LogP contribution >= 0.6 is 23.2 Å². The van der Waals surface area contributed by atoms with E-state index in [0.717, 1.165) is 0 Å². The average Bonchev–Trinajstić information content (AvgIpc) is 1.82. The first-order chi connectivity index (χ1) is 4.61. The van der Waals surface area contributed by atoms with Gasteiger partial charge in [0.2, 0.25) is 0 Å². The van der Waals surface area contributed by atoms with Gasteiger partial charge in [-0.2, -0.15) is 0 Å². The van der Waals surface area contributed by atoms with Gasteiger partial charge in [-0.05, 0) is 24.6 Å². The van der Waals surface area contributed by atoms with Crippen molar-refractivity contribution < 1.29 is 4.39 Å². The third-order valence-electron chi connectivity index (χ3n) is 1.11. The highest BCUT2D eigenvalue weighted by atomic mass is 35.5. The highest BCUT2D eigenvalue weighted by molar-refractivity contribution is 6.36. The molecule has 0 amide bonds. The molecule has 0 aliphatic heterocycles. The largest absolute Gasteiger partial charge is 0.207 e. The minimum atomic E-state index is -0.442. The van der Waals surface area contributed by atoms with Crippen molar-refractivity contribution in [1.29, 1.82) is 0 Å². The lowest BCUT2D eigenvalue weighted by molar-refractivity contribution is 0.628. The molecule has 1 radical (unpaired) electrons. The van der Waals surface area contributed by atoms with E-state index < -0.39 is 5.82 Å². The number of halogens is 3. The molecule has 10 heavy (non-hydrogen) atoms. The maximum absolute atomic E-state index is 12.4. The third-order valence-corrected chi connectivity index (χ3v) is 1.78. The summed E-state index contributed by atoms with van der Waals surface area (Å²) in [5.74, 6) is -0.442. The summed E-state index contributed by atoms with van der Waals surface area (Å²) in [6.45, 7) is 3.53. The molecule has 0 saturated heterocycles. The van der Waals surface area contributed by atoms with E-state index in [2.05, 4.69) is 6.92 Å². The molecule has 0 aromatic heterocycles. The van der Waals surface area contributed by atoms with Gasteiger partial charge in [-0.25, -0.2) is 4.39 Å². The van der Waals surface area contributed by atoms with E-state index in [1.165, 1.54) is 12.1 Å². The Labute approximate surface area is 68.6 Å². The van der Waals surface area contributed by atoms with E-state index in [4.69, 9.17) is 23.2 Å². The fraction of sp³-hybridized carbons (Fsp3) is 0. The molecule has 0 fully saturated rings. The van der Waals surface area contributed by atoms with Gasteiger partial charge in [-0.15, -0.1) is 0 Å². The Morgan fingerprint density at radius 1 is 1.20 bits per heavy atom. The Balaban J connectivity index is 3.31. The van der Waals surface area contributed by atoms with Crippen molar-refractivity contribution >= 4 is 23.2 Å². The standard InChI is InChI=1S/C7H4Cl2F/c1-4-6(8)2-5(10)3-7(4)9/h2-3H,1H2. The summed E-state index contributed by atoms with van der Waals surface area (Å²) in [5, 5.41) is 0.509. The third kappa shape index (κ3) is 1.41. The molecule has 1 aromatic carbocycles. The van der Waals surface area contributed by atoms with E-state index >= 15 is 0 Å². The summed E-state index contributed by atoms with van der Waals surface area (Å²) in [6, 6.07) is 2.35. The topological polar surface area (TPSA) is 0 Å². The van der Waals surface area contributed by atoms with Crippen LogP contribution in [-0.4, -0.2) is 0 Å². The predicted octanol–water partition coefficient (Wildman–Crippen LogP) is 3.31. The fourth-order valence-electron chi connectivity index (χ4n) is 0.572. The van der Waals surface area contributed by atoms with Crippen LogP contribution in [0.15, 0.2) is 12.1 Å². The first-order valence-corrected chi connectivity index (χ1v) is 3.33. The van der Waals surface area contributed by atoms with Crippen LogP contribution < -0.4 is 0 Å². The van der Waals surface area contributed by atoms with Crippen molar-refractivity contribution in [3.63, 3.8) is 0 Å². The van der Waals surface area contributed by atoms with Gasteiger partial charge in [0, 0.05) is 10.0 Å². The number of benzene rings is 1. The molecular weight excluding hydrogens is 174 g/mol. The molecule has 0 bridgehead atoms. The summed E-state index contributed by atoms with van der Waals surface area (Å²) in [4.78, 5) is 0. The summed E-state index contributed by atoms with van der Waals surface area (Å²) in [7, 11) is 0. The van der Waals surface area contributed by atoms with E-state index in [1.54, 1.807) is 0 Å². The van der Waals surface area contributed by atoms with Crippen molar-refractivity contribution in [2.75, 3.05) is 0 Å². The minimum Gasteiger partial charge on any atom is -0.207 e. The van der Waals surface area contributed by atoms with Crippen LogP contribution in [0.2, 0.25) is 10.0 Å². The number of rotatable bonds is 0. The van der Waals surface area contributed by atoms with Crippen molar-refractivity contribution in [2.45, 2.75) is 0 Å². The molecule has 0 saturated carbocycles. The molecule has 0 unspecified atom stereocenters. The van der Waals surface area contributed by atoms with E-state index in [1.807, 2.05) is 0 Å². The van der Waals surface area contributed by atoms with Crippen molar-refractivity contribution in [1.82, 2.24) is 0 Å². The second-order valence-electron chi connectivity index (χ2n) is 1.85. The van der Waals surface area contributed by atoms with E-state index in [-0.39, 0.29) is 10.0 Å². The Hall–Kier alpha value is -0.270. The van der Waals surface area contributed by atoms with Crippen LogP contribution in [0.5, 0.6) is 0 Å². The molecule has 0 N–H and O–H groups in total. The fourth-order valence-corrected chi connectivity index (χ4v) is 1.03. The van der Waals surface area contributed by atoms with Crippen molar-refractivity contribution in [3.05, 3.63) is 40.5 Å². The van der Waals surface area contributed by atoms with E-state index in [0.29, 0.717) is 5.56 Å². The molecule has 1 aromatic rings. The zero-order chi connectivity index (χ0) is 7.72. The zero-order valence-corrected chi connectivity index (χ0v) is 6.51. The lowest BCUT2D eigenvalue weighted by Crippen LogP contribution is -1.80. The number of hydrogen-bond acceptors (Lipinski definition) is 0. The normalized spacial score (nSPS) is 10.0. The molecule has 3 heteroatoms. The Morgan fingerprint density at radius 2 is 1.60 bits per heavy atom. The lowest BCUT2D eigenvalue weighted by atomic mass is 10.2. The first-order valence-electron chi connectivity index (χ1n) is 2.58. The van der Waals surface area contributed by atoms with Gasteiger partial charge in [-0.3, -0.25) is 0 Å². The van der Waals surface area contributed by atoms with Crippen LogP contribution in [0.25, 0.3) is 0 Å². The molecule has 0 spiro atoms. The van der Waals surface area contributed by atoms with Crippen molar-refractivity contribution in [3.8, 4) is 0 Å². The van der Waals surface area contributed by atoms with Crippen LogP contribution in [0.1, 0.15) is 5.56 Å². The second kappa shape index (κ2) is 2.77. The van der Waals surface area contributed by atoms with Gasteiger partial charge in [0.1, 0.15) is 5.82 Å². The SMILES string of the molecule is [CH2]c1c(Cl)cc(F)cc1Cl. The van der Waals surface area contributed by atoms with Gasteiger partial charge in [-0.1, -0.05) is 23.2 Å². The van der Waals surface area contributed by atoms with Gasteiger partial charge >= 0.3 is 0 Å². The van der Waals surface area contributed by atoms with Gasteiger partial charge in [0.15, 0.2) is 0 Å². The highest BCUT2D eigenvalue weighted by Crippen LogP contribution is 2.24. The summed E-state index contributed by atoms with van der Waals surface area (Å²) in [5.41, 5.74) is 0.463. The van der Waals surface area contributed by atoms with E-state index in [9.17, 15) is 4.39 Å². The van der Waals surface area contributed by atoms with Gasteiger partial charge < -0.3 is 0 Å². The van der Waals surface area contributed by atoms with Gasteiger partial charge in [0.25, 0.3) is 0 Å². The molecule has 0 aliphatic carbocycles. The monoisotopic (exact) mass is 177 g/mol. The molecule has 0 aliphatic rings. The number of hydrogen-bond donors (Lipinski definition) is 0. The average molecular weight is 178 g/mol. The lowest BCUT2D eigenvalue weighted by Gasteiger charge is -1.98. The molecule has 53 valence electrons. The summed E-state index contributed by atoms with van der Waals surface area (Å²) < 4.78 is 12.4. The minimum absolute atomic E-state index is 0.255. The maximum Gasteiger partial charge on any atom is 0.126 e. The predicted molar refractivity (Wildman–Crippen MR) is 40.9 cm³/mol. The second-order valence-corrected chi connectivity index (χ2v) is 2.66. The highest BCUT2D eigenvalue weighted by Gasteiger charge is 2.02. The van der Waals surface area contributed by atoms with Gasteiger partial charge in [0.05, 0.1) is 0 Å². The summed E-state index contributed by atoms with van der Waals surface area (Å²) >= 11 is 11.1. The summed E-state index contributed by atoms with van der Waals surface area (Å²) in [6.07, 6.45) is 0. The molecule has 0 heterocycles. The Bertz CT molecular complexity index is 235. The Morgan fingerprint density at radius 3 is 2.00 bits per heavy atom. The molecule has 0 nitrogen and oxygen atoms in total. The van der Waals surface area contributed by atoms with Crippen LogP contribution in [0.4, 0.5) is 4.39 Å². The van der Waals surface area contributed by atoms with Crippen LogP contribution in [-0.2, 0) is 0 Å². The van der Waals surface area contributed by atoms with Crippen LogP contribution in [0.3, 0.4) is 0 Å². The first kappa shape index (κ1) is 7.83. The zero-order valence-electron chi connectivity index (χ0n) is 5.00. The Kier molecular flexibility index (Phi) is 2.17.